The normalized spacial score (nSPS) is 19.7. The molecule has 2 aliphatic rings. The molecule has 1 unspecified atom stereocenters. The van der Waals surface area contributed by atoms with E-state index in [1.165, 1.54) is 5.56 Å². The van der Waals surface area contributed by atoms with Crippen molar-refractivity contribution in [3.8, 4) is 0 Å². The molecule has 2 aliphatic heterocycles. The minimum atomic E-state index is -0.811. The van der Waals surface area contributed by atoms with Crippen LogP contribution in [0.2, 0.25) is 0 Å². The van der Waals surface area contributed by atoms with E-state index >= 15 is 0 Å². The van der Waals surface area contributed by atoms with Crippen molar-refractivity contribution in [2.75, 3.05) is 26.2 Å². The van der Waals surface area contributed by atoms with Crippen molar-refractivity contribution in [2.45, 2.75) is 44.0 Å². The summed E-state index contributed by atoms with van der Waals surface area (Å²) in [6.45, 7) is 3.48. The molecule has 2 saturated heterocycles. The SMILES string of the molecule is O=C1C(COCc2ccccc2)NC(=O)C2(CCN(Cc3ccccc3)CC2)N1CCc1ccccc1. The third kappa shape index (κ3) is 5.92. The van der Waals surface area contributed by atoms with E-state index in [1.54, 1.807) is 0 Å². The molecule has 6 nitrogen and oxygen atoms in total. The summed E-state index contributed by atoms with van der Waals surface area (Å²) in [5.41, 5.74) is 2.66. The Morgan fingerprint density at radius 1 is 0.784 bits per heavy atom. The van der Waals surface area contributed by atoms with Gasteiger partial charge in [0.25, 0.3) is 0 Å². The molecular weight excluding hydrogens is 462 g/mol. The standard InChI is InChI=1S/C31H35N3O3/c35-29-28(24-37-23-27-14-8-3-9-15-27)32-30(36)31(34(29)19-16-25-10-4-1-5-11-25)17-20-33(21-18-31)22-26-12-6-2-7-13-26/h1-15,28H,16-24H2,(H,32,36). The van der Waals surface area contributed by atoms with Gasteiger partial charge < -0.3 is 15.0 Å². The number of benzene rings is 3. The van der Waals surface area contributed by atoms with Gasteiger partial charge in [-0.1, -0.05) is 91.0 Å². The van der Waals surface area contributed by atoms with Crippen LogP contribution in [0, 0.1) is 0 Å². The van der Waals surface area contributed by atoms with Crippen LogP contribution >= 0.6 is 0 Å². The van der Waals surface area contributed by atoms with Crippen molar-refractivity contribution in [3.63, 3.8) is 0 Å². The zero-order chi connectivity index (χ0) is 25.5. The fourth-order valence-corrected chi connectivity index (χ4v) is 5.49. The number of nitrogens with zero attached hydrogens (tertiary/aromatic N) is 2. The zero-order valence-electron chi connectivity index (χ0n) is 21.2. The van der Waals surface area contributed by atoms with Crippen molar-refractivity contribution in [3.05, 3.63) is 108 Å². The number of amides is 2. The van der Waals surface area contributed by atoms with Crippen molar-refractivity contribution >= 4 is 11.8 Å². The van der Waals surface area contributed by atoms with Crippen LogP contribution in [0.3, 0.4) is 0 Å². The van der Waals surface area contributed by atoms with Crippen molar-refractivity contribution in [1.29, 1.82) is 0 Å². The summed E-state index contributed by atoms with van der Waals surface area (Å²) in [7, 11) is 0. The van der Waals surface area contributed by atoms with Crippen LogP contribution in [0.15, 0.2) is 91.0 Å². The molecule has 0 saturated carbocycles. The highest BCUT2D eigenvalue weighted by molar-refractivity contribution is 6.00. The van der Waals surface area contributed by atoms with Gasteiger partial charge in [-0.05, 0) is 36.0 Å². The molecule has 1 N–H and O–H groups in total. The highest BCUT2D eigenvalue weighted by atomic mass is 16.5. The van der Waals surface area contributed by atoms with Gasteiger partial charge in [0, 0.05) is 26.2 Å². The highest BCUT2D eigenvalue weighted by Gasteiger charge is 2.53. The van der Waals surface area contributed by atoms with Gasteiger partial charge in [-0.25, -0.2) is 0 Å². The molecule has 3 aromatic rings. The summed E-state index contributed by atoms with van der Waals surface area (Å²) in [6, 6.07) is 29.8. The third-order valence-corrected chi connectivity index (χ3v) is 7.60. The van der Waals surface area contributed by atoms with Gasteiger partial charge in [-0.15, -0.1) is 0 Å². The Labute approximate surface area is 219 Å². The second-order valence-electron chi connectivity index (χ2n) is 10.0. The summed E-state index contributed by atoms with van der Waals surface area (Å²) in [5, 5.41) is 3.03. The molecule has 2 fully saturated rings. The number of likely N-dealkylation sites (tertiary alicyclic amines) is 1. The Morgan fingerprint density at radius 2 is 1.35 bits per heavy atom. The number of hydrogen-bond acceptors (Lipinski definition) is 4. The van der Waals surface area contributed by atoms with E-state index in [1.807, 2.05) is 59.5 Å². The topological polar surface area (TPSA) is 61.9 Å². The van der Waals surface area contributed by atoms with Gasteiger partial charge >= 0.3 is 0 Å². The maximum absolute atomic E-state index is 13.8. The highest BCUT2D eigenvalue weighted by Crippen LogP contribution is 2.34. The molecule has 5 rings (SSSR count). The minimum Gasteiger partial charge on any atom is -0.374 e. The van der Waals surface area contributed by atoms with Gasteiger partial charge in [-0.2, -0.15) is 0 Å². The predicted molar refractivity (Wildman–Crippen MR) is 144 cm³/mol. The van der Waals surface area contributed by atoms with Gasteiger partial charge in [0.1, 0.15) is 11.6 Å². The first-order chi connectivity index (χ1) is 18.1. The summed E-state index contributed by atoms with van der Waals surface area (Å²) in [5.74, 6) is -0.0899. The second-order valence-corrected chi connectivity index (χ2v) is 10.0. The smallest absolute Gasteiger partial charge is 0.248 e. The minimum absolute atomic E-state index is 0.0416. The van der Waals surface area contributed by atoms with E-state index in [4.69, 9.17) is 4.74 Å². The molecule has 0 bridgehead atoms. The average molecular weight is 498 g/mol. The molecule has 6 heteroatoms. The molecule has 0 radical (unpaired) electrons. The van der Waals surface area contributed by atoms with Gasteiger partial charge in [0.05, 0.1) is 13.2 Å². The van der Waals surface area contributed by atoms with E-state index < -0.39 is 11.6 Å². The molecule has 1 atom stereocenters. The molecule has 1 spiro atoms. The lowest BCUT2D eigenvalue weighted by Crippen LogP contribution is -2.73. The first-order valence-corrected chi connectivity index (χ1v) is 13.2. The lowest BCUT2D eigenvalue weighted by Gasteiger charge is -2.51. The zero-order valence-corrected chi connectivity index (χ0v) is 21.2. The van der Waals surface area contributed by atoms with Crippen molar-refractivity contribution in [2.24, 2.45) is 0 Å². The number of ether oxygens (including phenoxy) is 1. The Bertz CT molecular complexity index is 1160. The molecule has 3 aromatic carbocycles. The number of carbonyl (C=O) groups is 2. The second kappa shape index (κ2) is 11.7. The van der Waals surface area contributed by atoms with Crippen LogP contribution in [0.25, 0.3) is 0 Å². The third-order valence-electron chi connectivity index (χ3n) is 7.60. The summed E-state index contributed by atoms with van der Waals surface area (Å²) in [4.78, 5) is 31.7. The lowest BCUT2D eigenvalue weighted by molar-refractivity contribution is -0.163. The quantitative estimate of drug-likeness (QED) is 0.489. The molecule has 192 valence electrons. The first kappa shape index (κ1) is 25.2. The van der Waals surface area contributed by atoms with Crippen LogP contribution in [0.4, 0.5) is 0 Å². The number of carbonyl (C=O) groups excluding carboxylic acids is 2. The van der Waals surface area contributed by atoms with Crippen molar-refractivity contribution < 1.29 is 14.3 Å². The molecule has 0 aromatic heterocycles. The van der Waals surface area contributed by atoms with E-state index in [-0.39, 0.29) is 18.4 Å². The Kier molecular flexibility index (Phi) is 7.97. The van der Waals surface area contributed by atoms with Crippen LogP contribution in [0.5, 0.6) is 0 Å². The number of piperazine rings is 1. The number of hydrogen-bond donors (Lipinski definition) is 1. The predicted octanol–water partition coefficient (Wildman–Crippen LogP) is 3.81. The van der Waals surface area contributed by atoms with Crippen LogP contribution in [0.1, 0.15) is 29.5 Å². The average Bonchev–Trinajstić information content (AvgIpc) is 2.94. The van der Waals surface area contributed by atoms with Gasteiger partial charge in [0.15, 0.2) is 0 Å². The van der Waals surface area contributed by atoms with Crippen molar-refractivity contribution in [1.82, 2.24) is 15.1 Å². The fraction of sp³-hybridized carbons (Fsp3) is 0.355. The van der Waals surface area contributed by atoms with E-state index in [0.29, 0.717) is 32.4 Å². The van der Waals surface area contributed by atoms with E-state index in [0.717, 1.165) is 30.8 Å². The maximum atomic E-state index is 13.8. The van der Waals surface area contributed by atoms with Gasteiger partial charge in [-0.3, -0.25) is 14.5 Å². The molecule has 37 heavy (non-hydrogen) atoms. The van der Waals surface area contributed by atoms with E-state index in [9.17, 15) is 9.59 Å². The van der Waals surface area contributed by atoms with Crippen LogP contribution in [-0.2, 0) is 33.9 Å². The Morgan fingerprint density at radius 3 is 1.97 bits per heavy atom. The fourth-order valence-electron chi connectivity index (χ4n) is 5.49. The lowest BCUT2D eigenvalue weighted by atomic mass is 9.81. The molecular formula is C31H35N3O3. The van der Waals surface area contributed by atoms with Crippen LogP contribution in [-0.4, -0.2) is 59.4 Å². The monoisotopic (exact) mass is 497 g/mol. The molecule has 2 heterocycles. The molecule has 0 aliphatic carbocycles. The number of nitrogens with one attached hydrogen (secondary N) is 1. The Balaban J connectivity index is 1.28. The maximum Gasteiger partial charge on any atom is 0.248 e. The largest absolute Gasteiger partial charge is 0.374 e. The number of piperidine rings is 1. The first-order valence-electron chi connectivity index (χ1n) is 13.2. The summed E-state index contributed by atoms with van der Waals surface area (Å²) >= 11 is 0. The van der Waals surface area contributed by atoms with Gasteiger partial charge in [0.2, 0.25) is 11.8 Å². The summed E-state index contributed by atoms with van der Waals surface area (Å²) < 4.78 is 5.88. The van der Waals surface area contributed by atoms with Crippen LogP contribution < -0.4 is 5.32 Å². The number of rotatable bonds is 9. The Hall–Kier alpha value is -3.48. The molecule has 2 amide bonds. The van der Waals surface area contributed by atoms with E-state index in [2.05, 4.69) is 46.6 Å². The summed E-state index contributed by atoms with van der Waals surface area (Å²) in [6.07, 6.45) is 1.97.